The first kappa shape index (κ1) is 16.3. The van der Waals surface area contributed by atoms with Gasteiger partial charge in [0, 0.05) is 18.3 Å². The zero-order valence-corrected chi connectivity index (χ0v) is 12.1. The van der Waals surface area contributed by atoms with E-state index in [-0.39, 0.29) is 24.0 Å². The number of halogens is 4. The maximum absolute atomic E-state index is 13.0. The van der Waals surface area contributed by atoms with Gasteiger partial charge in [-0.2, -0.15) is 0 Å². The highest BCUT2D eigenvalue weighted by molar-refractivity contribution is 6.31. The van der Waals surface area contributed by atoms with Gasteiger partial charge in [0.15, 0.2) is 0 Å². The van der Waals surface area contributed by atoms with Crippen LogP contribution in [-0.2, 0) is 11.3 Å². The second-order valence-electron chi connectivity index (χ2n) is 4.56. The van der Waals surface area contributed by atoms with Crippen molar-refractivity contribution in [3.63, 3.8) is 0 Å². The minimum atomic E-state index is -0.679. The van der Waals surface area contributed by atoms with Gasteiger partial charge in [-0.05, 0) is 35.9 Å². The van der Waals surface area contributed by atoms with Gasteiger partial charge in [0.1, 0.15) is 17.5 Å². The van der Waals surface area contributed by atoms with Crippen LogP contribution in [0.5, 0.6) is 0 Å². The summed E-state index contributed by atoms with van der Waals surface area (Å²) >= 11 is 5.60. The molecule has 2 rings (SSSR count). The first-order valence-corrected chi connectivity index (χ1v) is 6.72. The van der Waals surface area contributed by atoms with E-state index in [4.69, 9.17) is 11.6 Å². The molecule has 0 aromatic heterocycles. The highest BCUT2D eigenvalue weighted by Gasteiger charge is 2.06. The lowest BCUT2D eigenvalue weighted by Gasteiger charge is -2.08. The predicted molar refractivity (Wildman–Crippen MR) is 78.1 cm³/mol. The number of hydrogen-bond donors (Lipinski definition) is 2. The lowest BCUT2D eigenvalue weighted by Crippen LogP contribution is -2.27. The summed E-state index contributed by atoms with van der Waals surface area (Å²) in [5.74, 6) is -2.32. The van der Waals surface area contributed by atoms with Gasteiger partial charge < -0.3 is 10.6 Å². The largest absolute Gasteiger partial charge is 0.325 e. The van der Waals surface area contributed by atoms with Crippen molar-refractivity contribution in [1.29, 1.82) is 0 Å². The van der Waals surface area contributed by atoms with Gasteiger partial charge in [-0.3, -0.25) is 4.79 Å². The van der Waals surface area contributed by atoms with E-state index in [9.17, 15) is 18.0 Å². The Hall–Kier alpha value is -2.05. The zero-order chi connectivity index (χ0) is 16.1. The minimum Gasteiger partial charge on any atom is -0.325 e. The van der Waals surface area contributed by atoms with Crippen LogP contribution in [0.1, 0.15) is 5.56 Å². The van der Waals surface area contributed by atoms with Crippen LogP contribution in [0.4, 0.5) is 18.9 Å². The minimum absolute atomic E-state index is 0.0763. The number of nitrogens with one attached hydrogen (secondary N) is 2. The van der Waals surface area contributed by atoms with Crippen LogP contribution in [0.25, 0.3) is 0 Å². The number of rotatable bonds is 5. The number of amides is 1. The van der Waals surface area contributed by atoms with Crippen molar-refractivity contribution >= 4 is 23.2 Å². The van der Waals surface area contributed by atoms with Crippen LogP contribution in [0.15, 0.2) is 36.4 Å². The van der Waals surface area contributed by atoms with Crippen molar-refractivity contribution in [2.45, 2.75) is 6.54 Å². The molecular weight excluding hydrogens is 317 g/mol. The zero-order valence-electron chi connectivity index (χ0n) is 11.3. The summed E-state index contributed by atoms with van der Waals surface area (Å²) in [6, 6.07) is 6.93. The summed E-state index contributed by atoms with van der Waals surface area (Å²) < 4.78 is 38.9. The molecule has 116 valence electrons. The molecule has 0 atom stereocenters. The fraction of sp³-hybridized carbons (Fsp3) is 0.133. The van der Waals surface area contributed by atoms with Crippen LogP contribution in [-0.4, -0.2) is 12.5 Å². The topological polar surface area (TPSA) is 41.1 Å². The Labute approximate surface area is 130 Å². The molecule has 2 aromatic rings. The number of benzene rings is 2. The van der Waals surface area contributed by atoms with Gasteiger partial charge in [0.2, 0.25) is 5.91 Å². The fourth-order valence-corrected chi connectivity index (χ4v) is 1.99. The highest BCUT2D eigenvalue weighted by atomic mass is 35.5. The molecule has 0 saturated carbocycles. The third-order valence-electron chi connectivity index (χ3n) is 2.74. The highest BCUT2D eigenvalue weighted by Crippen LogP contribution is 2.19. The lowest BCUT2D eigenvalue weighted by atomic mass is 10.2. The van der Waals surface area contributed by atoms with E-state index in [2.05, 4.69) is 10.6 Å². The molecule has 0 aliphatic carbocycles. The standard InChI is InChI=1S/C15H12ClF3N2O/c16-13-6-12(1-2-14(13)19)21-15(22)8-20-7-9-3-10(17)5-11(18)4-9/h1-6,20H,7-8H2,(H,21,22). The van der Waals surface area contributed by atoms with E-state index in [1.807, 2.05) is 0 Å². The summed E-state index contributed by atoms with van der Waals surface area (Å²) in [5.41, 5.74) is 0.741. The molecule has 7 heteroatoms. The van der Waals surface area contributed by atoms with Gasteiger partial charge in [0.05, 0.1) is 11.6 Å². The second-order valence-corrected chi connectivity index (χ2v) is 4.97. The molecule has 0 radical (unpaired) electrons. The molecule has 1 amide bonds. The maximum Gasteiger partial charge on any atom is 0.238 e. The SMILES string of the molecule is O=C(CNCc1cc(F)cc(F)c1)Nc1ccc(F)c(Cl)c1. The van der Waals surface area contributed by atoms with Crippen LogP contribution in [0.2, 0.25) is 5.02 Å². The van der Waals surface area contributed by atoms with Gasteiger partial charge in [-0.25, -0.2) is 13.2 Å². The maximum atomic E-state index is 13.0. The number of anilines is 1. The van der Waals surface area contributed by atoms with Gasteiger partial charge in [0.25, 0.3) is 0 Å². The van der Waals surface area contributed by atoms with E-state index in [1.165, 1.54) is 24.3 Å². The molecule has 0 spiro atoms. The Balaban J connectivity index is 1.83. The molecule has 0 aliphatic heterocycles. The molecule has 0 fully saturated rings. The Morgan fingerprint density at radius 1 is 1.05 bits per heavy atom. The number of hydrogen-bond acceptors (Lipinski definition) is 2. The molecule has 0 saturated heterocycles. The van der Waals surface area contributed by atoms with Gasteiger partial charge >= 0.3 is 0 Å². The molecule has 0 bridgehead atoms. The third-order valence-corrected chi connectivity index (χ3v) is 3.03. The summed E-state index contributed by atoms with van der Waals surface area (Å²) in [5, 5.41) is 5.17. The molecular formula is C15H12ClF3N2O. The van der Waals surface area contributed by atoms with Crippen molar-refractivity contribution < 1.29 is 18.0 Å². The Bertz CT molecular complexity index is 674. The van der Waals surface area contributed by atoms with Crippen LogP contribution < -0.4 is 10.6 Å². The van der Waals surface area contributed by atoms with Crippen molar-refractivity contribution in [1.82, 2.24) is 5.32 Å². The van der Waals surface area contributed by atoms with Crippen molar-refractivity contribution in [2.75, 3.05) is 11.9 Å². The summed E-state index contributed by atoms with van der Waals surface area (Å²) in [6.45, 7) is 0.0550. The van der Waals surface area contributed by atoms with E-state index >= 15 is 0 Å². The quantitative estimate of drug-likeness (QED) is 0.882. The van der Waals surface area contributed by atoms with E-state index in [1.54, 1.807) is 0 Å². The van der Waals surface area contributed by atoms with E-state index in [0.29, 0.717) is 11.3 Å². The van der Waals surface area contributed by atoms with Crippen molar-refractivity contribution in [2.24, 2.45) is 0 Å². The normalized spacial score (nSPS) is 10.5. The van der Waals surface area contributed by atoms with Crippen LogP contribution in [0.3, 0.4) is 0 Å². The predicted octanol–water partition coefficient (Wildman–Crippen LogP) is 3.49. The van der Waals surface area contributed by atoms with Gasteiger partial charge in [-0.15, -0.1) is 0 Å². The van der Waals surface area contributed by atoms with Gasteiger partial charge in [-0.1, -0.05) is 11.6 Å². The van der Waals surface area contributed by atoms with E-state index < -0.39 is 17.5 Å². The molecule has 0 aliphatic rings. The number of carbonyl (C=O) groups excluding carboxylic acids is 1. The first-order chi connectivity index (χ1) is 10.4. The smallest absolute Gasteiger partial charge is 0.238 e. The summed E-state index contributed by atoms with van der Waals surface area (Å²) in [7, 11) is 0. The molecule has 2 N–H and O–H groups in total. The average Bonchev–Trinajstić information content (AvgIpc) is 2.42. The van der Waals surface area contributed by atoms with Crippen molar-refractivity contribution in [3.05, 3.63) is 64.4 Å². The van der Waals surface area contributed by atoms with Crippen LogP contribution in [0, 0.1) is 17.5 Å². The Kier molecular flexibility index (Phi) is 5.41. The molecule has 0 heterocycles. The fourth-order valence-electron chi connectivity index (χ4n) is 1.81. The second kappa shape index (κ2) is 7.29. The third kappa shape index (κ3) is 4.75. The average molecular weight is 329 g/mol. The monoisotopic (exact) mass is 328 g/mol. The molecule has 2 aromatic carbocycles. The first-order valence-electron chi connectivity index (χ1n) is 6.34. The van der Waals surface area contributed by atoms with Crippen molar-refractivity contribution in [3.8, 4) is 0 Å². The summed E-state index contributed by atoms with van der Waals surface area (Å²) in [6.07, 6.45) is 0. The Morgan fingerprint density at radius 3 is 2.36 bits per heavy atom. The molecule has 22 heavy (non-hydrogen) atoms. The Morgan fingerprint density at radius 2 is 1.73 bits per heavy atom. The summed E-state index contributed by atoms with van der Waals surface area (Å²) in [4.78, 5) is 11.7. The molecule has 3 nitrogen and oxygen atoms in total. The lowest BCUT2D eigenvalue weighted by molar-refractivity contribution is -0.115. The van der Waals surface area contributed by atoms with Crippen LogP contribution >= 0.6 is 11.6 Å². The molecule has 0 unspecified atom stereocenters. The van der Waals surface area contributed by atoms with E-state index in [0.717, 1.165) is 12.1 Å². The number of carbonyl (C=O) groups is 1.